The van der Waals surface area contributed by atoms with Crippen LogP contribution in [0.3, 0.4) is 0 Å². The van der Waals surface area contributed by atoms with Crippen molar-refractivity contribution in [3.8, 4) is 0 Å². The standard InChI is InChI=1S/C10H10NS.BrH/c1-2-7-11-8-12-10-6-4-3-5-9(10)11;/h2-6,8H,1,7H2;1H/q+1;. The molecule has 2 aromatic rings. The number of para-hydroxylation sites is 1. The van der Waals surface area contributed by atoms with Gasteiger partial charge in [0.1, 0.15) is 4.70 Å². The maximum atomic E-state index is 3.73. The van der Waals surface area contributed by atoms with Crippen molar-refractivity contribution >= 4 is 38.5 Å². The van der Waals surface area contributed by atoms with Gasteiger partial charge in [-0.1, -0.05) is 30.0 Å². The summed E-state index contributed by atoms with van der Waals surface area (Å²) in [5.74, 6) is 0. The van der Waals surface area contributed by atoms with Crippen LogP contribution in [0.5, 0.6) is 0 Å². The van der Waals surface area contributed by atoms with E-state index in [-0.39, 0.29) is 17.0 Å². The molecular formula is C10H11BrNS+. The second-order valence-electron chi connectivity index (χ2n) is 2.63. The van der Waals surface area contributed by atoms with Gasteiger partial charge in [0.2, 0.25) is 11.0 Å². The molecule has 3 heteroatoms. The van der Waals surface area contributed by atoms with Crippen LogP contribution in [0.2, 0.25) is 0 Å². The Balaban J connectivity index is 0.000000845. The first kappa shape index (κ1) is 10.4. The van der Waals surface area contributed by atoms with Crippen LogP contribution in [0.25, 0.3) is 10.2 Å². The molecule has 0 saturated carbocycles. The highest BCUT2D eigenvalue weighted by Crippen LogP contribution is 2.14. The lowest BCUT2D eigenvalue weighted by Gasteiger charge is -1.86. The van der Waals surface area contributed by atoms with Crippen LogP contribution in [0.4, 0.5) is 0 Å². The highest BCUT2D eigenvalue weighted by atomic mass is 79.9. The third-order valence-electron chi connectivity index (χ3n) is 1.81. The molecule has 13 heavy (non-hydrogen) atoms. The molecule has 0 aliphatic carbocycles. The zero-order valence-electron chi connectivity index (χ0n) is 7.14. The molecule has 0 atom stereocenters. The number of halogens is 1. The summed E-state index contributed by atoms with van der Waals surface area (Å²) in [5, 5.41) is 0. The smallest absolute Gasteiger partial charge is 0.185 e. The Morgan fingerprint density at radius 2 is 2.15 bits per heavy atom. The lowest BCUT2D eigenvalue weighted by Crippen LogP contribution is -2.29. The molecule has 0 aliphatic rings. The molecule has 0 radical (unpaired) electrons. The largest absolute Gasteiger partial charge is 0.226 e. The van der Waals surface area contributed by atoms with Gasteiger partial charge in [-0.3, -0.25) is 0 Å². The zero-order valence-corrected chi connectivity index (χ0v) is 9.67. The molecule has 0 amide bonds. The van der Waals surface area contributed by atoms with Crippen LogP contribution in [0.15, 0.2) is 42.4 Å². The van der Waals surface area contributed by atoms with Gasteiger partial charge in [0.05, 0.1) is 0 Å². The Hall–Kier alpha value is -0.670. The summed E-state index contributed by atoms with van der Waals surface area (Å²) in [6, 6.07) is 8.40. The highest BCUT2D eigenvalue weighted by Gasteiger charge is 2.07. The Bertz CT molecular complexity index is 408. The van der Waals surface area contributed by atoms with Gasteiger partial charge in [-0.2, -0.15) is 4.57 Å². The molecule has 0 spiro atoms. The predicted octanol–water partition coefficient (Wildman–Crippen LogP) is 2.95. The molecule has 1 nitrogen and oxygen atoms in total. The number of aromatic nitrogens is 1. The molecule has 1 aromatic carbocycles. The van der Waals surface area contributed by atoms with Gasteiger partial charge in [-0.15, -0.1) is 17.0 Å². The number of fused-ring (bicyclic) bond motifs is 1. The van der Waals surface area contributed by atoms with Crippen LogP contribution >= 0.6 is 28.3 Å². The van der Waals surface area contributed by atoms with Crippen molar-refractivity contribution in [2.75, 3.05) is 0 Å². The van der Waals surface area contributed by atoms with Gasteiger partial charge in [-0.25, -0.2) is 0 Å². The Morgan fingerprint density at radius 1 is 1.38 bits per heavy atom. The van der Waals surface area contributed by atoms with E-state index in [2.05, 4.69) is 40.9 Å². The SMILES string of the molecule is Br.C=CC[n+]1csc2ccccc21. The average molecular weight is 257 g/mol. The van der Waals surface area contributed by atoms with Crippen molar-refractivity contribution in [1.82, 2.24) is 0 Å². The number of allylic oxidation sites excluding steroid dienone is 1. The summed E-state index contributed by atoms with van der Waals surface area (Å²) in [4.78, 5) is 0. The van der Waals surface area contributed by atoms with Crippen molar-refractivity contribution in [1.29, 1.82) is 0 Å². The fraction of sp³-hybridized carbons (Fsp3) is 0.100. The lowest BCUT2D eigenvalue weighted by atomic mass is 10.3. The molecule has 2 rings (SSSR count). The van der Waals surface area contributed by atoms with E-state index in [1.165, 1.54) is 10.2 Å². The molecule has 1 heterocycles. The highest BCUT2D eigenvalue weighted by molar-refractivity contribution is 8.93. The second-order valence-corrected chi connectivity index (χ2v) is 3.52. The summed E-state index contributed by atoms with van der Waals surface area (Å²) >= 11 is 1.77. The predicted molar refractivity (Wildman–Crippen MR) is 62.5 cm³/mol. The molecule has 0 aliphatic heterocycles. The number of benzene rings is 1. The maximum Gasteiger partial charge on any atom is 0.226 e. The normalized spacial score (nSPS) is 9.54. The first-order valence-corrected chi connectivity index (χ1v) is 4.76. The number of hydrogen-bond acceptors (Lipinski definition) is 1. The zero-order chi connectivity index (χ0) is 8.39. The number of rotatable bonds is 2. The minimum absolute atomic E-state index is 0. The first-order valence-electron chi connectivity index (χ1n) is 3.88. The number of nitrogens with zero attached hydrogens (tertiary/aromatic N) is 1. The van der Waals surface area contributed by atoms with Crippen LogP contribution < -0.4 is 4.57 Å². The van der Waals surface area contributed by atoms with E-state index in [9.17, 15) is 0 Å². The summed E-state index contributed by atoms with van der Waals surface area (Å²) in [6.45, 7) is 4.62. The third kappa shape index (κ3) is 1.98. The van der Waals surface area contributed by atoms with Gasteiger partial charge in [0.15, 0.2) is 6.54 Å². The van der Waals surface area contributed by atoms with Crippen LogP contribution in [0, 0.1) is 0 Å². The summed E-state index contributed by atoms with van der Waals surface area (Å²) in [5.41, 5.74) is 3.43. The average Bonchev–Trinajstić information content (AvgIpc) is 2.50. The molecule has 68 valence electrons. The van der Waals surface area contributed by atoms with Crippen molar-refractivity contribution in [3.63, 3.8) is 0 Å². The molecule has 0 N–H and O–H groups in total. The first-order chi connectivity index (χ1) is 5.92. The van der Waals surface area contributed by atoms with E-state index < -0.39 is 0 Å². The minimum Gasteiger partial charge on any atom is -0.185 e. The Morgan fingerprint density at radius 3 is 2.92 bits per heavy atom. The van der Waals surface area contributed by atoms with Crippen LogP contribution in [-0.4, -0.2) is 0 Å². The second kappa shape index (κ2) is 4.53. The van der Waals surface area contributed by atoms with E-state index in [0.717, 1.165) is 6.54 Å². The van der Waals surface area contributed by atoms with Gasteiger partial charge < -0.3 is 0 Å². The molecule has 0 saturated heterocycles. The molecule has 0 fully saturated rings. The topological polar surface area (TPSA) is 3.88 Å². The van der Waals surface area contributed by atoms with Crippen molar-refractivity contribution < 1.29 is 4.57 Å². The van der Waals surface area contributed by atoms with E-state index in [1.54, 1.807) is 11.3 Å². The third-order valence-corrected chi connectivity index (χ3v) is 2.77. The van der Waals surface area contributed by atoms with Crippen molar-refractivity contribution in [3.05, 3.63) is 42.4 Å². The fourth-order valence-electron chi connectivity index (χ4n) is 1.25. The van der Waals surface area contributed by atoms with Crippen LogP contribution in [-0.2, 0) is 6.54 Å². The van der Waals surface area contributed by atoms with Gasteiger partial charge in [-0.05, 0) is 12.1 Å². The van der Waals surface area contributed by atoms with Crippen molar-refractivity contribution in [2.45, 2.75) is 6.54 Å². The van der Waals surface area contributed by atoms with E-state index in [4.69, 9.17) is 0 Å². The maximum absolute atomic E-state index is 3.73. The lowest BCUT2D eigenvalue weighted by molar-refractivity contribution is -0.656. The number of thiazole rings is 1. The molecule has 0 unspecified atom stereocenters. The minimum atomic E-state index is 0. The number of hydrogen-bond donors (Lipinski definition) is 0. The summed E-state index contributed by atoms with van der Waals surface area (Å²) in [6.07, 6.45) is 1.92. The molecule has 0 bridgehead atoms. The van der Waals surface area contributed by atoms with Gasteiger partial charge >= 0.3 is 0 Å². The van der Waals surface area contributed by atoms with E-state index in [1.807, 2.05) is 6.08 Å². The molecular weight excluding hydrogens is 246 g/mol. The quantitative estimate of drug-likeness (QED) is 0.575. The van der Waals surface area contributed by atoms with Gasteiger partial charge in [0.25, 0.3) is 0 Å². The van der Waals surface area contributed by atoms with E-state index >= 15 is 0 Å². The monoisotopic (exact) mass is 256 g/mol. The van der Waals surface area contributed by atoms with Crippen LogP contribution in [0.1, 0.15) is 0 Å². The fourth-order valence-corrected chi connectivity index (χ4v) is 2.16. The van der Waals surface area contributed by atoms with E-state index in [0.29, 0.717) is 0 Å². The molecule has 1 aromatic heterocycles. The summed E-state index contributed by atoms with van der Waals surface area (Å²) in [7, 11) is 0. The summed E-state index contributed by atoms with van der Waals surface area (Å²) < 4.78 is 3.53. The Labute approximate surface area is 92.1 Å². The Kier molecular flexibility index (Phi) is 3.63. The van der Waals surface area contributed by atoms with Crippen molar-refractivity contribution in [2.24, 2.45) is 0 Å². The van der Waals surface area contributed by atoms with Gasteiger partial charge in [0, 0.05) is 6.07 Å².